The molecule has 0 spiro atoms. The standard InChI is InChI=1S/C23H20N2O2/c1-2-25-20-6-4-3-5-18(20)19-13-16(7-9-21(19)25)15-24-17-8-10-22-23(14-17)27-12-11-26-22/h3-10,13-15H,2,11-12H2,1H3. The van der Waals surface area contributed by atoms with E-state index in [0.717, 1.165) is 29.3 Å². The summed E-state index contributed by atoms with van der Waals surface area (Å²) in [5, 5.41) is 2.54. The van der Waals surface area contributed by atoms with E-state index in [1.165, 1.54) is 21.8 Å². The highest BCUT2D eigenvalue weighted by atomic mass is 16.6. The van der Waals surface area contributed by atoms with E-state index in [0.29, 0.717) is 13.2 Å². The minimum absolute atomic E-state index is 0.582. The first kappa shape index (κ1) is 15.9. The Morgan fingerprint density at radius 1 is 0.889 bits per heavy atom. The van der Waals surface area contributed by atoms with Gasteiger partial charge in [0.2, 0.25) is 0 Å². The lowest BCUT2D eigenvalue weighted by molar-refractivity contribution is 0.171. The van der Waals surface area contributed by atoms with Crippen LogP contribution >= 0.6 is 0 Å². The molecule has 134 valence electrons. The van der Waals surface area contributed by atoms with Crippen LogP contribution in [0.3, 0.4) is 0 Å². The zero-order chi connectivity index (χ0) is 18.2. The molecule has 0 fully saturated rings. The summed E-state index contributed by atoms with van der Waals surface area (Å²) >= 11 is 0. The summed E-state index contributed by atoms with van der Waals surface area (Å²) in [6, 6.07) is 20.9. The van der Waals surface area contributed by atoms with Crippen molar-refractivity contribution in [2.24, 2.45) is 4.99 Å². The number of rotatable bonds is 3. The fourth-order valence-electron chi connectivity index (χ4n) is 3.75. The maximum Gasteiger partial charge on any atom is 0.163 e. The molecule has 4 heteroatoms. The Morgan fingerprint density at radius 2 is 1.70 bits per heavy atom. The maximum absolute atomic E-state index is 5.64. The third-order valence-corrected chi connectivity index (χ3v) is 5.00. The van der Waals surface area contributed by atoms with Crippen molar-refractivity contribution in [1.82, 2.24) is 4.57 Å². The van der Waals surface area contributed by atoms with Gasteiger partial charge in [-0.15, -0.1) is 0 Å². The predicted molar refractivity (Wildman–Crippen MR) is 110 cm³/mol. The van der Waals surface area contributed by atoms with Crippen molar-refractivity contribution in [1.29, 1.82) is 0 Å². The number of hydrogen-bond donors (Lipinski definition) is 0. The van der Waals surface area contributed by atoms with Gasteiger partial charge in [0.15, 0.2) is 11.5 Å². The summed E-state index contributed by atoms with van der Waals surface area (Å²) in [7, 11) is 0. The Hall–Kier alpha value is -3.27. The summed E-state index contributed by atoms with van der Waals surface area (Å²) in [5.74, 6) is 1.55. The molecule has 5 rings (SSSR count). The molecular formula is C23H20N2O2. The monoisotopic (exact) mass is 356 g/mol. The lowest BCUT2D eigenvalue weighted by Crippen LogP contribution is -2.14. The van der Waals surface area contributed by atoms with Crippen LogP contribution in [0.15, 0.2) is 65.7 Å². The Bertz CT molecular complexity index is 1170. The average molecular weight is 356 g/mol. The second-order valence-electron chi connectivity index (χ2n) is 6.62. The van der Waals surface area contributed by atoms with Gasteiger partial charge in [0.1, 0.15) is 13.2 Å². The van der Waals surface area contributed by atoms with E-state index in [9.17, 15) is 0 Å². The van der Waals surface area contributed by atoms with Gasteiger partial charge >= 0.3 is 0 Å². The second kappa shape index (κ2) is 6.47. The fraction of sp³-hybridized carbons (Fsp3) is 0.174. The molecule has 1 aliphatic heterocycles. The molecule has 0 radical (unpaired) electrons. The van der Waals surface area contributed by atoms with Crippen LogP contribution in [0.5, 0.6) is 11.5 Å². The molecule has 0 N–H and O–H groups in total. The van der Waals surface area contributed by atoms with Gasteiger partial charge in [-0.1, -0.05) is 24.3 Å². The topological polar surface area (TPSA) is 35.8 Å². The largest absolute Gasteiger partial charge is 0.486 e. The molecule has 0 atom stereocenters. The smallest absolute Gasteiger partial charge is 0.163 e. The maximum atomic E-state index is 5.64. The van der Waals surface area contributed by atoms with Crippen molar-refractivity contribution in [2.45, 2.75) is 13.5 Å². The summed E-state index contributed by atoms with van der Waals surface area (Å²) in [6.45, 7) is 4.32. The van der Waals surface area contributed by atoms with Crippen LogP contribution < -0.4 is 9.47 Å². The third-order valence-electron chi connectivity index (χ3n) is 5.00. The number of nitrogens with zero attached hydrogens (tertiary/aromatic N) is 2. The van der Waals surface area contributed by atoms with Crippen molar-refractivity contribution >= 4 is 33.7 Å². The van der Waals surface area contributed by atoms with Gasteiger partial charge in [-0.05, 0) is 42.8 Å². The number of fused-ring (bicyclic) bond motifs is 4. The highest BCUT2D eigenvalue weighted by Crippen LogP contribution is 2.34. The van der Waals surface area contributed by atoms with Crippen molar-refractivity contribution in [3.63, 3.8) is 0 Å². The van der Waals surface area contributed by atoms with Gasteiger partial charge in [-0.3, -0.25) is 4.99 Å². The van der Waals surface area contributed by atoms with Crippen molar-refractivity contribution in [2.75, 3.05) is 13.2 Å². The molecular weight excluding hydrogens is 336 g/mol. The lowest BCUT2D eigenvalue weighted by Gasteiger charge is -2.18. The molecule has 1 aromatic heterocycles. The van der Waals surface area contributed by atoms with Crippen molar-refractivity contribution in [3.8, 4) is 11.5 Å². The number of hydrogen-bond acceptors (Lipinski definition) is 3. The van der Waals surface area contributed by atoms with E-state index in [-0.39, 0.29) is 0 Å². The molecule has 2 heterocycles. The molecule has 0 saturated heterocycles. The van der Waals surface area contributed by atoms with Gasteiger partial charge in [-0.2, -0.15) is 0 Å². The van der Waals surface area contributed by atoms with Gasteiger partial charge in [0.25, 0.3) is 0 Å². The van der Waals surface area contributed by atoms with Crippen LogP contribution in [0.4, 0.5) is 5.69 Å². The molecule has 27 heavy (non-hydrogen) atoms. The van der Waals surface area contributed by atoms with E-state index >= 15 is 0 Å². The molecule has 3 aromatic carbocycles. The molecule has 0 bridgehead atoms. The molecule has 0 aliphatic carbocycles. The first-order chi connectivity index (χ1) is 13.3. The summed E-state index contributed by atoms with van der Waals surface area (Å²) in [4.78, 5) is 4.63. The fourth-order valence-corrected chi connectivity index (χ4v) is 3.75. The van der Waals surface area contributed by atoms with Crippen LogP contribution in [0.2, 0.25) is 0 Å². The van der Waals surface area contributed by atoms with Crippen LogP contribution in [-0.4, -0.2) is 24.0 Å². The number of para-hydroxylation sites is 1. The van der Waals surface area contributed by atoms with Crippen molar-refractivity contribution in [3.05, 3.63) is 66.2 Å². The Labute approximate surface area is 157 Å². The van der Waals surface area contributed by atoms with Crippen LogP contribution in [0.25, 0.3) is 21.8 Å². The Balaban J connectivity index is 1.54. The molecule has 0 saturated carbocycles. The van der Waals surface area contributed by atoms with E-state index in [4.69, 9.17) is 9.47 Å². The minimum atomic E-state index is 0.582. The Kier molecular flexibility index (Phi) is 3.82. The molecule has 0 unspecified atom stereocenters. The molecule has 4 aromatic rings. The third kappa shape index (κ3) is 2.74. The number of benzene rings is 3. The summed E-state index contributed by atoms with van der Waals surface area (Å²) < 4.78 is 13.6. The average Bonchev–Trinajstić information content (AvgIpc) is 3.05. The number of ether oxygens (including phenoxy) is 2. The van der Waals surface area contributed by atoms with Gasteiger partial charge in [-0.25, -0.2) is 0 Å². The minimum Gasteiger partial charge on any atom is -0.486 e. The highest BCUT2D eigenvalue weighted by molar-refractivity contribution is 6.09. The van der Waals surface area contributed by atoms with E-state index in [1.807, 2.05) is 24.4 Å². The first-order valence-electron chi connectivity index (χ1n) is 9.28. The molecule has 0 amide bonds. The van der Waals surface area contributed by atoms with Crippen LogP contribution in [0.1, 0.15) is 12.5 Å². The number of aliphatic imine (C=N–C) groups is 1. The normalized spacial score (nSPS) is 13.7. The zero-order valence-corrected chi connectivity index (χ0v) is 15.2. The van der Waals surface area contributed by atoms with E-state index < -0.39 is 0 Å². The van der Waals surface area contributed by atoms with Gasteiger partial charge < -0.3 is 14.0 Å². The van der Waals surface area contributed by atoms with Crippen molar-refractivity contribution < 1.29 is 9.47 Å². The quantitative estimate of drug-likeness (QED) is 0.465. The van der Waals surface area contributed by atoms with Crippen LogP contribution in [-0.2, 0) is 6.54 Å². The van der Waals surface area contributed by atoms with Crippen LogP contribution in [0, 0.1) is 0 Å². The summed E-state index contributed by atoms with van der Waals surface area (Å²) in [5.41, 5.74) is 4.47. The van der Waals surface area contributed by atoms with E-state index in [1.54, 1.807) is 0 Å². The Morgan fingerprint density at radius 3 is 2.59 bits per heavy atom. The highest BCUT2D eigenvalue weighted by Gasteiger charge is 2.11. The zero-order valence-electron chi connectivity index (χ0n) is 15.2. The lowest BCUT2D eigenvalue weighted by atomic mass is 10.1. The van der Waals surface area contributed by atoms with E-state index in [2.05, 4.69) is 58.9 Å². The molecule has 1 aliphatic rings. The SMILES string of the molecule is CCn1c2ccccc2c2cc(C=Nc3ccc4c(c3)OCCO4)ccc21. The number of aromatic nitrogens is 1. The summed E-state index contributed by atoms with van der Waals surface area (Å²) in [6.07, 6.45) is 1.91. The first-order valence-corrected chi connectivity index (χ1v) is 9.28. The second-order valence-corrected chi connectivity index (χ2v) is 6.62. The van der Waals surface area contributed by atoms with Gasteiger partial charge in [0.05, 0.1) is 5.69 Å². The molecule has 4 nitrogen and oxygen atoms in total. The van der Waals surface area contributed by atoms with Gasteiger partial charge in [0, 0.05) is 40.6 Å². The predicted octanol–water partition coefficient (Wildman–Crippen LogP) is 5.34. The number of aryl methyl sites for hydroxylation is 1.